The van der Waals surface area contributed by atoms with Crippen molar-refractivity contribution in [1.82, 2.24) is 15.4 Å². The summed E-state index contributed by atoms with van der Waals surface area (Å²) >= 11 is 0. The molecule has 1 aliphatic heterocycles. The van der Waals surface area contributed by atoms with Crippen LogP contribution in [0.3, 0.4) is 0 Å². The third-order valence-corrected chi connectivity index (χ3v) is 3.03. The molecule has 5 nitrogen and oxygen atoms in total. The van der Waals surface area contributed by atoms with Gasteiger partial charge in [0, 0.05) is 19.2 Å². The average Bonchev–Trinajstić information content (AvgIpc) is 2.93. The highest BCUT2D eigenvalue weighted by Crippen LogP contribution is 2.31. The number of rotatable bonds is 3. The summed E-state index contributed by atoms with van der Waals surface area (Å²) < 4.78 is 5.08. The number of hydrogen-bond donors (Lipinski definition) is 1. The normalized spacial score (nSPS) is 19.6. The SMILES string of the molecule is CCCNC(=O)N1CCC[C@H]1c1cc(C)on1. The second-order valence-electron chi connectivity index (χ2n) is 4.45. The molecule has 2 rings (SSSR count). The fraction of sp³-hybridized carbons (Fsp3) is 0.667. The van der Waals surface area contributed by atoms with E-state index in [4.69, 9.17) is 4.52 Å². The Kier molecular flexibility index (Phi) is 3.66. The van der Waals surface area contributed by atoms with Gasteiger partial charge in [0.2, 0.25) is 0 Å². The Morgan fingerprint density at radius 3 is 3.18 bits per heavy atom. The lowest BCUT2D eigenvalue weighted by Crippen LogP contribution is -2.39. The summed E-state index contributed by atoms with van der Waals surface area (Å²) in [4.78, 5) is 13.8. The van der Waals surface area contributed by atoms with Gasteiger partial charge in [-0.2, -0.15) is 0 Å². The molecule has 0 aliphatic carbocycles. The second kappa shape index (κ2) is 5.21. The largest absolute Gasteiger partial charge is 0.361 e. The number of carbonyl (C=O) groups excluding carboxylic acids is 1. The Labute approximate surface area is 101 Å². The van der Waals surface area contributed by atoms with Crippen molar-refractivity contribution < 1.29 is 9.32 Å². The molecule has 0 aromatic carbocycles. The zero-order chi connectivity index (χ0) is 12.3. The van der Waals surface area contributed by atoms with Crippen LogP contribution in [0.2, 0.25) is 0 Å². The van der Waals surface area contributed by atoms with Gasteiger partial charge in [-0.1, -0.05) is 12.1 Å². The first-order chi connectivity index (χ1) is 8.22. The lowest BCUT2D eigenvalue weighted by Gasteiger charge is -2.23. The molecule has 0 unspecified atom stereocenters. The molecule has 0 radical (unpaired) electrons. The van der Waals surface area contributed by atoms with Crippen molar-refractivity contribution in [3.8, 4) is 0 Å². The Balaban J connectivity index is 2.04. The summed E-state index contributed by atoms with van der Waals surface area (Å²) in [5, 5.41) is 6.92. The maximum absolute atomic E-state index is 12.0. The van der Waals surface area contributed by atoms with E-state index in [9.17, 15) is 4.79 Å². The second-order valence-corrected chi connectivity index (χ2v) is 4.45. The van der Waals surface area contributed by atoms with E-state index in [2.05, 4.69) is 10.5 Å². The number of nitrogens with one attached hydrogen (secondary N) is 1. The van der Waals surface area contributed by atoms with E-state index in [-0.39, 0.29) is 12.1 Å². The van der Waals surface area contributed by atoms with Gasteiger partial charge in [0.15, 0.2) is 0 Å². The predicted molar refractivity (Wildman–Crippen MR) is 63.6 cm³/mol. The fourth-order valence-corrected chi connectivity index (χ4v) is 2.19. The summed E-state index contributed by atoms with van der Waals surface area (Å²) in [5.74, 6) is 0.792. The number of aryl methyl sites for hydroxylation is 1. The first-order valence-corrected chi connectivity index (χ1v) is 6.20. The highest BCUT2D eigenvalue weighted by molar-refractivity contribution is 5.75. The van der Waals surface area contributed by atoms with Crippen LogP contribution in [0.4, 0.5) is 4.79 Å². The van der Waals surface area contributed by atoms with E-state index in [0.29, 0.717) is 0 Å². The molecular formula is C12H19N3O2. The minimum atomic E-state index is 0.00926. The van der Waals surface area contributed by atoms with Gasteiger partial charge < -0.3 is 14.7 Å². The Bertz CT molecular complexity index is 389. The van der Waals surface area contributed by atoms with Crippen LogP contribution in [0.25, 0.3) is 0 Å². The van der Waals surface area contributed by atoms with E-state index in [1.54, 1.807) is 0 Å². The van der Waals surface area contributed by atoms with Gasteiger partial charge in [0.1, 0.15) is 11.5 Å². The predicted octanol–water partition coefficient (Wildman–Crippen LogP) is 2.24. The molecule has 0 bridgehead atoms. The molecule has 1 aliphatic rings. The van der Waals surface area contributed by atoms with E-state index in [0.717, 1.165) is 43.8 Å². The molecule has 2 heterocycles. The lowest BCUT2D eigenvalue weighted by molar-refractivity contribution is 0.191. The topological polar surface area (TPSA) is 58.4 Å². The first kappa shape index (κ1) is 12.0. The van der Waals surface area contributed by atoms with Crippen LogP contribution in [0, 0.1) is 6.92 Å². The van der Waals surface area contributed by atoms with Crippen molar-refractivity contribution >= 4 is 6.03 Å². The van der Waals surface area contributed by atoms with Crippen LogP contribution in [-0.2, 0) is 0 Å². The highest BCUT2D eigenvalue weighted by Gasteiger charge is 2.31. The van der Waals surface area contributed by atoms with E-state index in [1.165, 1.54) is 0 Å². The lowest BCUT2D eigenvalue weighted by atomic mass is 10.1. The first-order valence-electron chi connectivity index (χ1n) is 6.20. The molecule has 5 heteroatoms. The molecule has 0 saturated carbocycles. The van der Waals surface area contributed by atoms with Crippen LogP contribution in [0.1, 0.15) is 43.7 Å². The van der Waals surface area contributed by atoms with Crippen molar-refractivity contribution in [2.75, 3.05) is 13.1 Å². The molecule has 1 fully saturated rings. The number of carbonyl (C=O) groups is 1. The molecule has 1 N–H and O–H groups in total. The molecule has 1 atom stereocenters. The Hall–Kier alpha value is -1.52. The van der Waals surface area contributed by atoms with Crippen molar-refractivity contribution in [2.24, 2.45) is 0 Å². The zero-order valence-corrected chi connectivity index (χ0v) is 10.4. The quantitative estimate of drug-likeness (QED) is 0.877. The van der Waals surface area contributed by atoms with E-state index < -0.39 is 0 Å². The molecule has 0 spiro atoms. The molecule has 94 valence electrons. The maximum atomic E-state index is 12.0. The monoisotopic (exact) mass is 237 g/mol. The third-order valence-electron chi connectivity index (χ3n) is 3.03. The Morgan fingerprint density at radius 1 is 1.71 bits per heavy atom. The summed E-state index contributed by atoms with van der Waals surface area (Å²) in [5.41, 5.74) is 0.867. The number of amides is 2. The minimum Gasteiger partial charge on any atom is -0.361 e. The maximum Gasteiger partial charge on any atom is 0.317 e. The summed E-state index contributed by atoms with van der Waals surface area (Å²) in [7, 11) is 0. The van der Waals surface area contributed by atoms with Gasteiger partial charge in [0.25, 0.3) is 0 Å². The van der Waals surface area contributed by atoms with Gasteiger partial charge in [0.05, 0.1) is 6.04 Å². The van der Waals surface area contributed by atoms with Gasteiger partial charge in [-0.3, -0.25) is 0 Å². The van der Waals surface area contributed by atoms with Crippen molar-refractivity contribution in [1.29, 1.82) is 0 Å². The highest BCUT2D eigenvalue weighted by atomic mass is 16.5. The van der Waals surface area contributed by atoms with Crippen LogP contribution in [-0.4, -0.2) is 29.2 Å². The molecule has 2 amide bonds. The minimum absolute atomic E-state index is 0.00926. The van der Waals surface area contributed by atoms with E-state index >= 15 is 0 Å². The number of nitrogens with zero attached hydrogens (tertiary/aromatic N) is 2. The number of hydrogen-bond acceptors (Lipinski definition) is 3. The van der Waals surface area contributed by atoms with Crippen LogP contribution >= 0.6 is 0 Å². The van der Waals surface area contributed by atoms with Crippen molar-refractivity contribution in [3.05, 3.63) is 17.5 Å². The number of urea groups is 1. The molecule has 1 aromatic heterocycles. The van der Waals surface area contributed by atoms with Crippen LogP contribution in [0.15, 0.2) is 10.6 Å². The summed E-state index contributed by atoms with van der Waals surface area (Å²) in [6.45, 7) is 5.43. The number of likely N-dealkylation sites (tertiary alicyclic amines) is 1. The Morgan fingerprint density at radius 2 is 2.53 bits per heavy atom. The molecular weight excluding hydrogens is 218 g/mol. The summed E-state index contributed by atoms with van der Waals surface area (Å²) in [6.07, 6.45) is 2.94. The fourth-order valence-electron chi connectivity index (χ4n) is 2.19. The third kappa shape index (κ3) is 2.60. The average molecular weight is 237 g/mol. The van der Waals surface area contributed by atoms with Gasteiger partial charge in [-0.05, 0) is 26.2 Å². The summed E-state index contributed by atoms with van der Waals surface area (Å²) in [6, 6.07) is 2.00. The van der Waals surface area contributed by atoms with E-state index in [1.807, 2.05) is 24.8 Å². The van der Waals surface area contributed by atoms with Gasteiger partial charge in [-0.15, -0.1) is 0 Å². The van der Waals surface area contributed by atoms with Gasteiger partial charge >= 0.3 is 6.03 Å². The molecule has 1 saturated heterocycles. The molecule has 1 aromatic rings. The zero-order valence-electron chi connectivity index (χ0n) is 10.4. The van der Waals surface area contributed by atoms with Crippen LogP contribution in [0.5, 0.6) is 0 Å². The van der Waals surface area contributed by atoms with Crippen molar-refractivity contribution in [2.45, 2.75) is 39.2 Å². The van der Waals surface area contributed by atoms with Gasteiger partial charge in [-0.25, -0.2) is 4.79 Å². The van der Waals surface area contributed by atoms with Crippen LogP contribution < -0.4 is 5.32 Å². The number of aromatic nitrogens is 1. The molecule has 17 heavy (non-hydrogen) atoms. The standard InChI is InChI=1S/C12H19N3O2/c1-3-6-13-12(16)15-7-4-5-11(15)10-8-9(2)17-14-10/h8,11H,3-7H2,1-2H3,(H,13,16)/t11-/m0/s1. The van der Waals surface area contributed by atoms with Crippen molar-refractivity contribution in [3.63, 3.8) is 0 Å². The smallest absolute Gasteiger partial charge is 0.317 e.